The minimum absolute atomic E-state index is 0.0201. The topological polar surface area (TPSA) is 62.8 Å². The summed E-state index contributed by atoms with van der Waals surface area (Å²) in [5.74, 6) is 1.33. The molecule has 4 rings (SSSR count). The maximum atomic E-state index is 13.5. The predicted octanol–water partition coefficient (Wildman–Crippen LogP) is 3.21. The quantitative estimate of drug-likeness (QED) is 0.854. The summed E-state index contributed by atoms with van der Waals surface area (Å²) in [6.07, 6.45) is 6.17. The summed E-state index contributed by atoms with van der Waals surface area (Å²) in [6, 6.07) is 5.74. The number of halogens is 1. The minimum Gasteiger partial charge on any atom is -0.366 e. The number of ether oxygens (including phenoxy) is 1. The number of nitrogens with zero attached hydrogens (tertiary/aromatic N) is 2. The average Bonchev–Trinajstić information content (AvgIpc) is 3.08. The Morgan fingerprint density at radius 1 is 1.33 bits per heavy atom. The number of aromatic amines is 1. The van der Waals surface area contributed by atoms with Crippen molar-refractivity contribution < 1.29 is 9.13 Å². The Bertz CT molecular complexity index is 686. The second kappa shape index (κ2) is 6.61. The number of hydrogen-bond acceptors (Lipinski definition) is 4. The van der Waals surface area contributed by atoms with E-state index in [0.29, 0.717) is 11.5 Å². The molecule has 6 heteroatoms. The highest BCUT2D eigenvalue weighted by Crippen LogP contribution is 2.41. The van der Waals surface area contributed by atoms with Gasteiger partial charge in [-0.15, -0.1) is 0 Å². The number of benzene rings is 1. The molecular weight excluding hydrogens is 307 g/mol. The molecule has 0 radical (unpaired) electrons. The molecule has 2 aromatic rings. The molecular formula is C18H23FN4O. The molecule has 1 saturated carbocycles. The first-order valence-corrected chi connectivity index (χ1v) is 8.71. The van der Waals surface area contributed by atoms with Crippen LogP contribution in [0.1, 0.15) is 54.8 Å². The molecule has 2 heterocycles. The van der Waals surface area contributed by atoms with E-state index in [1.54, 1.807) is 6.07 Å². The number of H-pyrrole nitrogens is 1. The van der Waals surface area contributed by atoms with Crippen LogP contribution in [0.15, 0.2) is 24.5 Å². The van der Waals surface area contributed by atoms with Gasteiger partial charge in [-0.3, -0.25) is 5.10 Å². The van der Waals surface area contributed by atoms with Crippen molar-refractivity contribution in [2.75, 3.05) is 6.54 Å². The highest BCUT2D eigenvalue weighted by atomic mass is 19.1. The molecule has 2 aliphatic rings. The third-order valence-corrected chi connectivity index (χ3v) is 5.05. The molecule has 2 N–H and O–H groups in total. The van der Waals surface area contributed by atoms with Gasteiger partial charge in [-0.1, -0.05) is 12.1 Å². The molecule has 1 aromatic heterocycles. The minimum atomic E-state index is -0.137. The van der Waals surface area contributed by atoms with E-state index in [1.165, 1.54) is 24.7 Å². The molecule has 0 spiro atoms. The van der Waals surface area contributed by atoms with E-state index >= 15 is 0 Å². The maximum absolute atomic E-state index is 13.5. The summed E-state index contributed by atoms with van der Waals surface area (Å²) >= 11 is 0. The van der Waals surface area contributed by atoms with Crippen LogP contribution in [0.3, 0.4) is 0 Å². The third-order valence-electron chi connectivity index (χ3n) is 5.05. The van der Waals surface area contributed by atoms with Gasteiger partial charge in [-0.2, -0.15) is 5.10 Å². The second-order valence-corrected chi connectivity index (χ2v) is 6.93. The molecule has 0 amide bonds. The molecule has 3 atom stereocenters. The van der Waals surface area contributed by atoms with Crippen LogP contribution in [0.2, 0.25) is 0 Å². The molecule has 1 aliphatic heterocycles. The summed E-state index contributed by atoms with van der Waals surface area (Å²) < 4.78 is 19.6. The fourth-order valence-corrected chi connectivity index (χ4v) is 3.53. The van der Waals surface area contributed by atoms with Crippen molar-refractivity contribution in [2.24, 2.45) is 5.92 Å². The highest BCUT2D eigenvalue weighted by molar-refractivity contribution is 5.27. The smallest absolute Gasteiger partial charge is 0.153 e. The zero-order valence-corrected chi connectivity index (χ0v) is 13.8. The van der Waals surface area contributed by atoms with Crippen LogP contribution in [0.25, 0.3) is 0 Å². The van der Waals surface area contributed by atoms with Crippen molar-refractivity contribution in [3.05, 3.63) is 47.3 Å². The first kappa shape index (κ1) is 15.7. The van der Waals surface area contributed by atoms with Crippen molar-refractivity contribution in [1.29, 1.82) is 0 Å². The Morgan fingerprint density at radius 2 is 2.21 bits per heavy atom. The molecule has 5 nitrogen and oxygen atoms in total. The van der Waals surface area contributed by atoms with Gasteiger partial charge in [0.15, 0.2) is 5.82 Å². The molecule has 2 fully saturated rings. The summed E-state index contributed by atoms with van der Waals surface area (Å²) in [4.78, 5) is 4.18. The fraction of sp³-hybridized carbons (Fsp3) is 0.556. The van der Waals surface area contributed by atoms with E-state index < -0.39 is 0 Å². The van der Waals surface area contributed by atoms with Crippen molar-refractivity contribution in [3.8, 4) is 0 Å². The zero-order valence-electron chi connectivity index (χ0n) is 13.8. The zero-order chi connectivity index (χ0) is 16.5. The molecule has 1 aliphatic carbocycles. The fourth-order valence-electron chi connectivity index (χ4n) is 3.53. The van der Waals surface area contributed by atoms with Gasteiger partial charge in [-0.25, -0.2) is 9.37 Å². The lowest BCUT2D eigenvalue weighted by atomic mass is 10.00. The summed E-state index contributed by atoms with van der Waals surface area (Å²) in [7, 11) is 0. The van der Waals surface area contributed by atoms with Crippen molar-refractivity contribution in [1.82, 2.24) is 20.5 Å². The summed E-state index contributed by atoms with van der Waals surface area (Å²) in [5, 5.41) is 10.4. The van der Waals surface area contributed by atoms with E-state index in [2.05, 4.69) is 20.5 Å². The van der Waals surface area contributed by atoms with Gasteiger partial charge in [0.05, 0.1) is 6.10 Å². The first-order chi connectivity index (χ1) is 11.7. The van der Waals surface area contributed by atoms with Gasteiger partial charge in [0.2, 0.25) is 0 Å². The Morgan fingerprint density at radius 3 is 2.92 bits per heavy atom. The number of aryl methyl sites for hydroxylation is 1. The second-order valence-electron chi connectivity index (χ2n) is 6.93. The Labute approximate surface area is 141 Å². The van der Waals surface area contributed by atoms with Crippen molar-refractivity contribution in [3.63, 3.8) is 0 Å². The van der Waals surface area contributed by atoms with Gasteiger partial charge in [0, 0.05) is 12.6 Å². The van der Waals surface area contributed by atoms with Gasteiger partial charge in [0.1, 0.15) is 18.2 Å². The van der Waals surface area contributed by atoms with E-state index in [4.69, 9.17) is 4.74 Å². The van der Waals surface area contributed by atoms with Crippen molar-refractivity contribution in [2.45, 2.75) is 50.9 Å². The number of aromatic nitrogens is 3. The van der Waals surface area contributed by atoms with Gasteiger partial charge in [-0.05, 0) is 55.7 Å². The SMILES string of the molecule is Cc1cc(C(NC[C@H]2CC[C@@H](c3ncn[nH]3)O2)C2CC2)ccc1F. The average molecular weight is 330 g/mol. The Kier molecular flexibility index (Phi) is 4.33. The van der Waals surface area contributed by atoms with E-state index in [9.17, 15) is 4.39 Å². The molecule has 1 aromatic carbocycles. The normalized spacial score (nSPS) is 25.1. The summed E-state index contributed by atoms with van der Waals surface area (Å²) in [6.45, 7) is 2.63. The Balaban J connectivity index is 1.37. The third kappa shape index (κ3) is 3.35. The Hall–Kier alpha value is -1.79. The lowest BCUT2D eigenvalue weighted by Crippen LogP contribution is -2.31. The van der Waals surface area contributed by atoms with E-state index in [0.717, 1.165) is 25.2 Å². The summed E-state index contributed by atoms with van der Waals surface area (Å²) in [5.41, 5.74) is 1.89. The lowest BCUT2D eigenvalue weighted by Gasteiger charge is -2.22. The predicted molar refractivity (Wildman–Crippen MR) is 87.8 cm³/mol. The number of hydrogen-bond donors (Lipinski definition) is 2. The van der Waals surface area contributed by atoms with Crippen LogP contribution in [0, 0.1) is 18.7 Å². The van der Waals surface area contributed by atoms with Crippen LogP contribution in [0.4, 0.5) is 4.39 Å². The molecule has 1 unspecified atom stereocenters. The molecule has 0 bridgehead atoms. The standard InChI is InChI=1S/C18H23FN4O/c1-11-8-13(4-6-15(11)19)17(12-2-3-12)20-9-14-5-7-16(24-14)18-21-10-22-23-18/h4,6,8,10,12,14,16-17,20H,2-3,5,7,9H2,1H3,(H,21,22,23)/t14-,16+,17?/m1/s1. The molecule has 24 heavy (non-hydrogen) atoms. The van der Waals surface area contributed by atoms with Gasteiger partial charge in [0.25, 0.3) is 0 Å². The van der Waals surface area contributed by atoms with Crippen LogP contribution in [0.5, 0.6) is 0 Å². The first-order valence-electron chi connectivity index (χ1n) is 8.71. The largest absolute Gasteiger partial charge is 0.366 e. The maximum Gasteiger partial charge on any atom is 0.153 e. The molecule has 128 valence electrons. The van der Waals surface area contributed by atoms with Gasteiger partial charge < -0.3 is 10.1 Å². The lowest BCUT2D eigenvalue weighted by molar-refractivity contribution is 0.0383. The van der Waals surface area contributed by atoms with Crippen molar-refractivity contribution >= 4 is 0 Å². The number of rotatable bonds is 6. The van der Waals surface area contributed by atoms with E-state index in [-0.39, 0.29) is 24.1 Å². The van der Waals surface area contributed by atoms with Crippen LogP contribution < -0.4 is 5.32 Å². The van der Waals surface area contributed by atoms with E-state index in [1.807, 2.05) is 19.1 Å². The van der Waals surface area contributed by atoms with Crippen LogP contribution in [-0.2, 0) is 4.74 Å². The van der Waals surface area contributed by atoms with Crippen LogP contribution >= 0.6 is 0 Å². The van der Waals surface area contributed by atoms with Gasteiger partial charge >= 0.3 is 0 Å². The number of nitrogens with one attached hydrogen (secondary N) is 2. The highest BCUT2D eigenvalue weighted by Gasteiger charge is 2.34. The monoisotopic (exact) mass is 330 g/mol. The van der Waals surface area contributed by atoms with Crippen LogP contribution in [-0.4, -0.2) is 27.8 Å². The molecule has 1 saturated heterocycles.